The summed E-state index contributed by atoms with van der Waals surface area (Å²) in [6.45, 7) is 5.19. The Morgan fingerprint density at radius 3 is 2.62 bits per heavy atom. The van der Waals surface area contributed by atoms with Crippen molar-refractivity contribution in [3.63, 3.8) is 0 Å². The molecule has 0 unspecified atom stereocenters. The summed E-state index contributed by atoms with van der Waals surface area (Å²) in [4.78, 5) is 14.8. The van der Waals surface area contributed by atoms with Gasteiger partial charge in [0.05, 0.1) is 18.9 Å². The van der Waals surface area contributed by atoms with Crippen molar-refractivity contribution < 1.29 is 13.9 Å². The van der Waals surface area contributed by atoms with E-state index in [-0.39, 0.29) is 11.9 Å². The smallest absolute Gasteiger partial charge is 0.251 e. The largest absolute Gasteiger partial charge is 0.494 e. The lowest BCUT2D eigenvalue weighted by Gasteiger charge is -2.26. The number of amides is 1. The fourth-order valence-electron chi connectivity index (χ4n) is 3.10. The molecule has 1 aromatic carbocycles. The molecule has 5 nitrogen and oxygen atoms in total. The number of carbonyl (C=O) groups excluding carboxylic acids is 1. The number of nitrogens with zero attached hydrogens (tertiary/aromatic N) is 1. The van der Waals surface area contributed by atoms with Gasteiger partial charge in [-0.05, 0) is 69.3 Å². The number of benzene rings is 1. The number of rotatable bonds is 7. The van der Waals surface area contributed by atoms with Crippen molar-refractivity contribution in [3.8, 4) is 5.75 Å². The van der Waals surface area contributed by atoms with Crippen LogP contribution in [0.5, 0.6) is 5.75 Å². The zero-order chi connectivity index (χ0) is 16.8. The maximum absolute atomic E-state index is 12.4. The molecule has 2 aromatic rings. The molecule has 128 valence electrons. The van der Waals surface area contributed by atoms with Crippen LogP contribution in [0.15, 0.2) is 47.1 Å². The van der Waals surface area contributed by atoms with Crippen LogP contribution in [-0.2, 0) is 0 Å². The van der Waals surface area contributed by atoms with E-state index in [2.05, 4.69) is 10.2 Å². The van der Waals surface area contributed by atoms with Gasteiger partial charge in [0.2, 0.25) is 0 Å². The second-order valence-corrected chi connectivity index (χ2v) is 5.94. The van der Waals surface area contributed by atoms with Crippen molar-refractivity contribution >= 4 is 5.91 Å². The molecule has 1 saturated heterocycles. The molecule has 1 aliphatic heterocycles. The number of nitrogens with one attached hydrogen (secondary N) is 1. The predicted molar refractivity (Wildman–Crippen MR) is 92.2 cm³/mol. The van der Waals surface area contributed by atoms with Gasteiger partial charge >= 0.3 is 0 Å². The van der Waals surface area contributed by atoms with Gasteiger partial charge in [0, 0.05) is 12.1 Å². The molecule has 24 heavy (non-hydrogen) atoms. The minimum absolute atomic E-state index is 0.0752. The van der Waals surface area contributed by atoms with Gasteiger partial charge < -0.3 is 14.5 Å². The first-order valence-electron chi connectivity index (χ1n) is 8.56. The molecule has 0 spiro atoms. The van der Waals surface area contributed by atoms with Gasteiger partial charge in [-0.3, -0.25) is 9.69 Å². The van der Waals surface area contributed by atoms with Crippen LogP contribution in [0.3, 0.4) is 0 Å². The van der Waals surface area contributed by atoms with Crippen LogP contribution in [-0.4, -0.2) is 37.0 Å². The lowest BCUT2D eigenvalue weighted by Crippen LogP contribution is -2.36. The SMILES string of the molecule is CCOc1ccc(C(=O)NC[C@@H](c2ccco2)N2CCCC2)cc1. The molecule has 1 aromatic heterocycles. The van der Waals surface area contributed by atoms with E-state index in [1.54, 1.807) is 18.4 Å². The summed E-state index contributed by atoms with van der Waals surface area (Å²) in [5, 5.41) is 3.03. The highest BCUT2D eigenvalue weighted by atomic mass is 16.5. The average Bonchev–Trinajstić information content (AvgIpc) is 3.30. The van der Waals surface area contributed by atoms with E-state index in [9.17, 15) is 4.79 Å². The molecule has 2 heterocycles. The van der Waals surface area contributed by atoms with E-state index in [0.717, 1.165) is 24.6 Å². The second-order valence-electron chi connectivity index (χ2n) is 5.94. The zero-order valence-corrected chi connectivity index (χ0v) is 14.0. The van der Waals surface area contributed by atoms with Gasteiger partial charge in [0.1, 0.15) is 11.5 Å². The van der Waals surface area contributed by atoms with E-state index >= 15 is 0 Å². The lowest BCUT2D eigenvalue weighted by molar-refractivity contribution is 0.0933. The Kier molecular flexibility index (Phi) is 5.54. The van der Waals surface area contributed by atoms with Crippen LogP contribution in [0.1, 0.15) is 41.9 Å². The van der Waals surface area contributed by atoms with Crippen LogP contribution >= 0.6 is 0 Å². The Hall–Kier alpha value is -2.27. The van der Waals surface area contributed by atoms with E-state index in [0.29, 0.717) is 18.7 Å². The first-order valence-corrected chi connectivity index (χ1v) is 8.56. The Balaban J connectivity index is 1.62. The molecular formula is C19H24N2O3. The fraction of sp³-hybridized carbons (Fsp3) is 0.421. The van der Waals surface area contributed by atoms with Gasteiger partial charge in [-0.15, -0.1) is 0 Å². The maximum atomic E-state index is 12.4. The number of likely N-dealkylation sites (tertiary alicyclic amines) is 1. The molecule has 1 aliphatic rings. The van der Waals surface area contributed by atoms with Crippen LogP contribution in [0, 0.1) is 0 Å². The minimum Gasteiger partial charge on any atom is -0.494 e. The lowest BCUT2D eigenvalue weighted by atomic mass is 10.1. The summed E-state index contributed by atoms with van der Waals surface area (Å²) in [7, 11) is 0. The third-order valence-corrected chi connectivity index (χ3v) is 4.34. The molecule has 1 atom stereocenters. The van der Waals surface area contributed by atoms with Crippen molar-refractivity contribution in [2.75, 3.05) is 26.2 Å². The molecule has 1 fully saturated rings. The molecule has 5 heteroatoms. The fourth-order valence-corrected chi connectivity index (χ4v) is 3.10. The van der Waals surface area contributed by atoms with E-state index in [1.165, 1.54) is 12.8 Å². The molecule has 1 amide bonds. The van der Waals surface area contributed by atoms with Crippen molar-refractivity contribution in [2.45, 2.75) is 25.8 Å². The number of furan rings is 1. The summed E-state index contributed by atoms with van der Waals surface area (Å²) in [6, 6.07) is 11.2. The highest BCUT2D eigenvalue weighted by molar-refractivity contribution is 5.94. The number of hydrogen-bond donors (Lipinski definition) is 1. The minimum atomic E-state index is -0.0752. The van der Waals surface area contributed by atoms with Gasteiger partial charge in [0.25, 0.3) is 5.91 Å². The summed E-state index contributed by atoms with van der Waals surface area (Å²) >= 11 is 0. The topological polar surface area (TPSA) is 54.7 Å². The van der Waals surface area contributed by atoms with Gasteiger partial charge in [-0.25, -0.2) is 0 Å². The Bertz CT molecular complexity index is 631. The van der Waals surface area contributed by atoms with E-state index < -0.39 is 0 Å². The highest BCUT2D eigenvalue weighted by Gasteiger charge is 2.26. The number of ether oxygens (including phenoxy) is 1. The van der Waals surface area contributed by atoms with Crippen LogP contribution in [0.25, 0.3) is 0 Å². The van der Waals surface area contributed by atoms with Crippen molar-refractivity contribution in [2.24, 2.45) is 0 Å². The summed E-state index contributed by atoms with van der Waals surface area (Å²) in [5.41, 5.74) is 0.637. The first-order chi connectivity index (χ1) is 11.8. The quantitative estimate of drug-likeness (QED) is 0.848. The molecule has 0 bridgehead atoms. The summed E-state index contributed by atoms with van der Waals surface area (Å²) in [5.74, 6) is 1.61. The van der Waals surface area contributed by atoms with Crippen LogP contribution in [0.4, 0.5) is 0 Å². The standard InChI is InChI=1S/C19H24N2O3/c1-2-23-16-9-7-15(8-10-16)19(22)20-14-17(18-6-5-13-24-18)21-11-3-4-12-21/h5-10,13,17H,2-4,11-12,14H2,1H3,(H,20,22)/t17-/m0/s1. The third-order valence-electron chi connectivity index (χ3n) is 4.34. The number of carbonyl (C=O) groups is 1. The van der Waals surface area contributed by atoms with Crippen molar-refractivity contribution in [1.29, 1.82) is 0 Å². The second kappa shape index (κ2) is 8.02. The molecule has 0 aliphatic carbocycles. The van der Waals surface area contributed by atoms with Crippen molar-refractivity contribution in [3.05, 3.63) is 54.0 Å². The molecule has 3 rings (SSSR count). The molecule has 0 saturated carbocycles. The Morgan fingerprint density at radius 2 is 2.00 bits per heavy atom. The molecule has 0 radical (unpaired) electrons. The van der Waals surface area contributed by atoms with Gasteiger partial charge in [-0.1, -0.05) is 0 Å². The molecule has 1 N–H and O–H groups in total. The van der Waals surface area contributed by atoms with Crippen LogP contribution in [0.2, 0.25) is 0 Å². The number of hydrogen-bond acceptors (Lipinski definition) is 4. The normalized spacial score (nSPS) is 16.0. The van der Waals surface area contributed by atoms with Gasteiger partial charge in [0.15, 0.2) is 0 Å². The van der Waals surface area contributed by atoms with E-state index in [4.69, 9.17) is 9.15 Å². The predicted octanol–water partition coefficient (Wildman–Crippen LogP) is 3.25. The Morgan fingerprint density at radius 1 is 1.25 bits per heavy atom. The first kappa shape index (κ1) is 16.6. The average molecular weight is 328 g/mol. The van der Waals surface area contributed by atoms with Crippen LogP contribution < -0.4 is 10.1 Å². The monoisotopic (exact) mass is 328 g/mol. The summed E-state index contributed by atoms with van der Waals surface area (Å²) < 4.78 is 11.0. The van der Waals surface area contributed by atoms with E-state index in [1.807, 2.05) is 31.2 Å². The van der Waals surface area contributed by atoms with Crippen molar-refractivity contribution in [1.82, 2.24) is 10.2 Å². The maximum Gasteiger partial charge on any atom is 0.251 e. The third kappa shape index (κ3) is 3.97. The summed E-state index contributed by atoms with van der Waals surface area (Å²) in [6.07, 6.45) is 4.08. The zero-order valence-electron chi connectivity index (χ0n) is 14.0. The Labute approximate surface area is 142 Å². The molecular weight excluding hydrogens is 304 g/mol. The highest BCUT2D eigenvalue weighted by Crippen LogP contribution is 2.25. The van der Waals surface area contributed by atoms with Gasteiger partial charge in [-0.2, -0.15) is 0 Å².